The van der Waals surface area contributed by atoms with Gasteiger partial charge in [0.2, 0.25) is 0 Å². The minimum Gasteiger partial charge on any atom is -0.381 e. The van der Waals surface area contributed by atoms with E-state index in [-0.39, 0.29) is 24.0 Å². The van der Waals surface area contributed by atoms with Gasteiger partial charge < -0.3 is 25.0 Å². The van der Waals surface area contributed by atoms with E-state index in [4.69, 9.17) is 9.47 Å². The zero-order valence-corrected chi connectivity index (χ0v) is 22.2. The molecular weight excluding hydrogens is 517 g/mol. The monoisotopic (exact) mass is 559 g/mol. The maximum Gasteiger partial charge on any atom is 0.190 e. The van der Waals surface area contributed by atoms with Crippen LogP contribution in [0.15, 0.2) is 29.3 Å². The zero-order valence-electron chi connectivity index (χ0n) is 19.9. The van der Waals surface area contributed by atoms with Gasteiger partial charge in [0.15, 0.2) is 5.96 Å². The second-order valence-corrected chi connectivity index (χ2v) is 8.61. The third kappa shape index (κ3) is 9.80. The number of halogens is 1. The fourth-order valence-corrected chi connectivity index (χ4v) is 4.13. The van der Waals surface area contributed by atoms with Crippen LogP contribution >= 0.6 is 24.0 Å². The predicted octanol–water partition coefficient (Wildman–Crippen LogP) is 2.73. The van der Waals surface area contributed by atoms with Crippen molar-refractivity contribution in [2.24, 2.45) is 10.9 Å². The third-order valence-electron chi connectivity index (χ3n) is 6.04. The Kier molecular flexibility index (Phi) is 13.3. The summed E-state index contributed by atoms with van der Waals surface area (Å²) in [5, 5.41) is 6.81. The summed E-state index contributed by atoms with van der Waals surface area (Å²) >= 11 is 0. The number of nitrogens with zero attached hydrogens (tertiary/aromatic N) is 3. The van der Waals surface area contributed by atoms with Crippen LogP contribution in [0.4, 0.5) is 5.69 Å². The molecule has 2 aliphatic rings. The lowest BCUT2D eigenvalue weighted by Crippen LogP contribution is -2.47. The molecule has 2 heterocycles. The first-order chi connectivity index (χ1) is 15.2. The van der Waals surface area contributed by atoms with Gasteiger partial charge >= 0.3 is 0 Å². The first-order valence-corrected chi connectivity index (χ1v) is 11.9. The molecule has 1 aromatic rings. The maximum absolute atomic E-state index is 5.75. The van der Waals surface area contributed by atoms with E-state index in [2.05, 4.69) is 56.6 Å². The summed E-state index contributed by atoms with van der Waals surface area (Å²) in [6.07, 6.45) is 3.24. The second kappa shape index (κ2) is 15.7. The molecule has 0 radical (unpaired) electrons. The summed E-state index contributed by atoms with van der Waals surface area (Å²) in [4.78, 5) is 9.39. The number of guanidine groups is 1. The molecule has 8 heteroatoms. The van der Waals surface area contributed by atoms with Gasteiger partial charge in [-0.05, 0) is 50.4 Å². The topological polar surface area (TPSA) is 61.4 Å². The molecule has 0 spiro atoms. The van der Waals surface area contributed by atoms with Crippen molar-refractivity contribution in [3.8, 4) is 0 Å². The van der Waals surface area contributed by atoms with Crippen LogP contribution in [0.3, 0.4) is 0 Å². The standard InChI is InChI=1S/C24H41N5O2.HI/c1-21-6-3-7-23(18-21)29-14-12-28(13-15-29)11-4-9-26-24(25-2)27-10-5-16-30-19-22-8-17-31-20-22;/h3,6-7,18,22H,4-5,8-17,19-20H2,1-2H3,(H2,25,26,27);1H. The number of ether oxygens (including phenoxy) is 2. The van der Waals surface area contributed by atoms with Gasteiger partial charge in [-0.2, -0.15) is 0 Å². The lowest BCUT2D eigenvalue weighted by molar-refractivity contribution is 0.0888. The molecule has 3 rings (SSSR count). The second-order valence-electron chi connectivity index (χ2n) is 8.61. The van der Waals surface area contributed by atoms with Crippen molar-refractivity contribution in [3.05, 3.63) is 29.8 Å². The van der Waals surface area contributed by atoms with Crippen molar-refractivity contribution >= 4 is 35.6 Å². The predicted molar refractivity (Wildman–Crippen MR) is 144 cm³/mol. The molecule has 2 aliphatic heterocycles. The summed E-state index contributed by atoms with van der Waals surface area (Å²) in [7, 11) is 1.83. The Morgan fingerprint density at radius 2 is 1.94 bits per heavy atom. The van der Waals surface area contributed by atoms with Crippen molar-refractivity contribution < 1.29 is 9.47 Å². The van der Waals surface area contributed by atoms with E-state index >= 15 is 0 Å². The number of rotatable bonds is 11. The lowest BCUT2D eigenvalue weighted by Gasteiger charge is -2.36. The quantitative estimate of drug-likeness (QED) is 0.188. The molecule has 182 valence electrons. The minimum atomic E-state index is 0. The molecule has 2 saturated heterocycles. The molecule has 0 bridgehead atoms. The van der Waals surface area contributed by atoms with Crippen LogP contribution in [0.25, 0.3) is 0 Å². The van der Waals surface area contributed by atoms with Gasteiger partial charge in [0.05, 0.1) is 13.2 Å². The van der Waals surface area contributed by atoms with Crippen molar-refractivity contribution in [1.82, 2.24) is 15.5 Å². The molecule has 0 saturated carbocycles. The van der Waals surface area contributed by atoms with E-state index in [1.54, 1.807) is 0 Å². The van der Waals surface area contributed by atoms with Gasteiger partial charge in [-0.1, -0.05) is 12.1 Å². The lowest BCUT2D eigenvalue weighted by atomic mass is 10.1. The Morgan fingerprint density at radius 3 is 2.62 bits per heavy atom. The van der Waals surface area contributed by atoms with Crippen LogP contribution < -0.4 is 15.5 Å². The van der Waals surface area contributed by atoms with Crippen LogP contribution in [-0.2, 0) is 9.47 Å². The molecule has 0 aliphatic carbocycles. The van der Waals surface area contributed by atoms with Crippen molar-refractivity contribution in [3.63, 3.8) is 0 Å². The highest BCUT2D eigenvalue weighted by atomic mass is 127. The number of hydrogen-bond donors (Lipinski definition) is 2. The SMILES string of the molecule is CN=C(NCCCOCC1CCOC1)NCCCN1CCN(c2cccc(C)c2)CC1.I. The number of aryl methyl sites for hydroxylation is 1. The highest BCUT2D eigenvalue weighted by Crippen LogP contribution is 2.17. The fourth-order valence-electron chi connectivity index (χ4n) is 4.13. The summed E-state index contributed by atoms with van der Waals surface area (Å²) in [6, 6.07) is 8.83. The molecular formula is C24H42IN5O2. The average molecular weight is 560 g/mol. The van der Waals surface area contributed by atoms with E-state index in [1.807, 2.05) is 7.05 Å². The third-order valence-corrected chi connectivity index (χ3v) is 6.04. The molecule has 1 atom stereocenters. The van der Waals surface area contributed by atoms with Crippen LogP contribution in [0.2, 0.25) is 0 Å². The number of anilines is 1. The van der Waals surface area contributed by atoms with E-state index in [0.29, 0.717) is 5.92 Å². The van der Waals surface area contributed by atoms with E-state index in [9.17, 15) is 0 Å². The van der Waals surface area contributed by atoms with Crippen LogP contribution in [0, 0.1) is 12.8 Å². The fraction of sp³-hybridized carbons (Fsp3) is 0.708. The van der Waals surface area contributed by atoms with Crippen molar-refractivity contribution in [2.45, 2.75) is 26.2 Å². The van der Waals surface area contributed by atoms with Gasteiger partial charge in [0, 0.05) is 71.1 Å². The Labute approximate surface area is 211 Å². The van der Waals surface area contributed by atoms with Crippen molar-refractivity contribution in [2.75, 3.05) is 84.2 Å². The number of nitrogens with one attached hydrogen (secondary N) is 2. The molecule has 1 aromatic carbocycles. The summed E-state index contributed by atoms with van der Waals surface area (Å²) in [5.41, 5.74) is 2.69. The maximum atomic E-state index is 5.75. The first kappa shape index (κ1) is 27.1. The Morgan fingerprint density at radius 1 is 1.16 bits per heavy atom. The van der Waals surface area contributed by atoms with E-state index in [0.717, 1.165) is 97.5 Å². The Hall–Kier alpha value is -1.10. The molecule has 0 amide bonds. The average Bonchev–Trinajstić information content (AvgIpc) is 3.31. The van der Waals surface area contributed by atoms with Gasteiger partial charge in [-0.3, -0.25) is 9.89 Å². The Balaban J connectivity index is 0.00000363. The van der Waals surface area contributed by atoms with Gasteiger partial charge in [-0.15, -0.1) is 24.0 Å². The minimum absolute atomic E-state index is 0. The van der Waals surface area contributed by atoms with Crippen LogP contribution in [-0.4, -0.2) is 90.1 Å². The number of aliphatic imine (C=N–C) groups is 1. The first-order valence-electron chi connectivity index (χ1n) is 11.9. The summed E-state index contributed by atoms with van der Waals surface area (Å²) in [5.74, 6) is 1.47. The van der Waals surface area contributed by atoms with Crippen LogP contribution in [0.5, 0.6) is 0 Å². The number of hydrogen-bond acceptors (Lipinski definition) is 5. The van der Waals surface area contributed by atoms with Crippen molar-refractivity contribution in [1.29, 1.82) is 0 Å². The highest BCUT2D eigenvalue weighted by molar-refractivity contribution is 14.0. The largest absolute Gasteiger partial charge is 0.381 e. The van der Waals surface area contributed by atoms with E-state index < -0.39 is 0 Å². The number of piperazine rings is 1. The molecule has 2 fully saturated rings. The normalized spacial score (nSPS) is 19.6. The molecule has 2 N–H and O–H groups in total. The smallest absolute Gasteiger partial charge is 0.190 e. The molecule has 7 nitrogen and oxygen atoms in total. The molecule has 32 heavy (non-hydrogen) atoms. The highest BCUT2D eigenvalue weighted by Gasteiger charge is 2.17. The Bertz CT molecular complexity index is 662. The summed E-state index contributed by atoms with van der Waals surface area (Å²) < 4.78 is 11.1. The van der Waals surface area contributed by atoms with Gasteiger partial charge in [0.1, 0.15) is 0 Å². The zero-order chi connectivity index (χ0) is 21.7. The van der Waals surface area contributed by atoms with Gasteiger partial charge in [-0.25, -0.2) is 0 Å². The number of benzene rings is 1. The van der Waals surface area contributed by atoms with Gasteiger partial charge in [0.25, 0.3) is 0 Å². The molecule has 1 unspecified atom stereocenters. The summed E-state index contributed by atoms with van der Waals surface area (Å²) in [6.45, 7) is 13.0. The van der Waals surface area contributed by atoms with E-state index in [1.165, 1.54) is 11.3 Å². The van der Waals surface area contributed by atoms with Crippen LogP contribution in [0.1, 0.15) is 24.8 Å². The molecule has 0 aromatic heterocycles.